The van der Waals surface area contributed by atoms with Crippen LogP contribution in [0.5, 0.6) is 0 Å². The minimum Gasteiger partial charge on any atom is -0.394 e. The van der Waals surface area contributed by atoms with Crippen LogP contribution in [0.15, 0.2) is 48.5 Å². The van der Waals surface area contributed by atoms with Gasteiger partial charge in [-0.3, -0.25) is 4.79 Å². The normalized spacial score (nSPS) is 12.0. The number of carbonyl (C=O) groups is 1. The van der Waals surface area contributed by atoms with Gasteiger partial charge in [0, 0.05) is 5.56 Å². The second-order valence-electron chi connectivity index (χ2n) is 4.59. The molecule has 21 heavy (non-hydrogen) atoms. The van der Waals surface area contributed by atoms with E-state index in [1.807, 2.05) is 6.07 Å². The van der Waals surface area contributed by atoms with Gasteiger partial charge in [0.25, 0.3) is 0 Å². The van der Waals surface area contributed by atoms with Gasteiger partial charge in [-0.15, -0.1) is 0 Å². The minimum atomic E-state index is -0.759. The predicted octanol–water partition coefficient (Wildman–Crippen LogP) is 2.36. The molecule has 0 bridgehead atoms. The van der Waals surface area contributed by atoms with E-state index in [0.29, 0.717) is 0 Å². The molecular weight excluding hydrogens is 276 g/mol. The largest absolute Gasteiger partial charge is 0.394 e. The number of amides is 1. The summed E-state index contributed by atoms with van der Waals surface area (Å²) in [7, 11) is 0. The monoisotopic (exact) mass is 291 g/mol. The Hall–Kier alpha value is -2.27. The highest BCUT2D eigenvalue weighted by Crippen LogP contribution is 2.15. The molecule has 0 aliphatic carbocycles. The lowest BCUT2D eigenvalue weighted by molar-refractivity contribution is -0.121. The second-order valence-corrected chi connectivity index (χ2v) is 4.59. The van der Waals surface area contributed by atoms with Crippen LogP contribution in [0.1, 0.15) is 17.2 Å². The molecule has 0 aliphatic rings. The smallest absolute Gasteiger partial charge is 0.225 e. The molecular formula is C16H15F2NO2. The third-order valence-corrected chi connectivity index (χ3v) is 3.12. The summed E-state index contributed by atoms with van der Waals surface area (Å²) in [5.74, 6) is -2.07. The van der Waals surface area contributed by atoms with Crippen LogP contribution >= 0.6 is 0 Å². The van der Waals surface area contributed by atoms with Gasteiger partial charge in [0.15, 0.2) is 0 Å². The van der Waals surface area contributed by atoms with Crippen molar-refractivity contribution in [1.82, 2.24) is 5.32 Å². The van der Waals surface area contributed by atoms with Crippen molar-refractivity contribution < 1.29 is 18.7 Å². The Morgan fingerprint density at radius 2 is 1.67 bits per heavy atom. The molecule has 2 aromatic rings. The van der Waals surface area contributed by atoms with Gasteiger partial charge < -0.3 is 10.4 Å². The summed E-state index contributed by atoms with van der Waals surface area (Å²) in [5.41, 5.74) is 0.446. The maximum Gasteiger partial charge on any atom is 0.225 e. The fourth-order valence-corrected chi connectivity index (χ4v) is 2.03. The van der Waals surface area contributed by atoms with E-state index in [1.54, 1.807) is 24.3 Å². The van der Waals surface area contributed by atoms with E-state index < -0.39 is 30.0 Å². The van der Waals surface area contributed by atoms with Crippen molar-refractivity contribution in [3.63, 3.8) is 0 Å². The maximum atomic E-state index is 13.5. The molecule has 3 nitrogen and oxygen atoms in total. The van der Waals surface area contributed by atoms with E-state index in [1.165, 1.54) is 6.07 Å². The molecule has 0 aromatic heterocycles. The van der Waals surface area contributed by atoms with E-state index in [-0.39, 0.29) is 12.2 Å². The first-order chi connectivity index (χ1) is 10.1. The Labute approximate surface area is 121 Å². The Balaban J connectivity index is 2.07. The molecule has 0 unspecified atom stereocenters. The Kier molecular flexibility index (Phi) is 5.00. The molecule has 0 saturated heterocycles. The summed E-state index contributed by atoms with van der Waals surface area (Å²) in [5, 5.41) is 11.9. The van der Waals surface area contributed by atoms with Crippen LogP contribution in [-0.4, -0.2) is 17.6 Å². The van der Waals surface area contributed by atoms with Crippen LogP contribution in [0.3, 0.4) is 0 Å². The van der Waals surface area contributed by atoms with Crippen LogP contribution in [0.4, 0.5) is 8.78 Å². The predicted molar refractivity (Wildman–Crippen MR) is 74.5 cm³/mol. The number of hydrogen-bond donors (Lipinski definition) is 2. The Bertz CT molecular complexity index is 597. The van der Waals surface area contributed by atoms with Crippen molar-refractivity contribution in [3.05, 3.63) is 71.3 Å². The Morgan fingerprint density at radius 1 is 1.05 bits per heavy atom. The van der Waals surface area contributed by atoms with Crippen molar-refractivity contribution in [2.45, 2.75) is 12.5 Å². The lowest BCUT2D eigenvalue weighted by Gasteiger charge is -2.17. The van der Waals surface area contributed by atoms with Crippen LogP contribution in [0.2, 0.25) is 0 Å². The topological polar surface area (TPSA) is 49.3 Å². The van der Waals surface area contributed by atoms with Gasteiger partial charge in [0.05, 0.1) is 19.1 Å². The zero-order valence-electron chi connectivity index (χ0n) is 11.2. The van der Waals surface area contributed by atoms with Gasteiger partial charge in [-0.1, -0.05) is 36.4 Å². The molecule has 5 heteroatoms. The first-order valence-electron chi connectivity index (χ1n) is 6.50. The summed E-state index contributed by atoms with van der Waals surface area (Å²) in [6.07, 6.45) is -0.415. The van der Waals surface area contributed by atoms with E-state index >= 15 is 0 Å². The highest BCUT2D eigenvalue weighted by molar-refractivity contribution is 5.79. The lowest BCUT2D eigenvalue weighted by atomic mass is 10.1. The number of nitrogens with one attached hydrogen (secondary N) is 1. The van der Waals surface area contributed by atoms with Crippen molar-refractivity contribution >= 4 is 5.91 Å². The van der Waals surface area contributed by atoms with Gasteiger partial charge >= 0.3 is 0 Å². The molecule has 1 amide bonds. The number of carbonyl (C=O) groups excluding carboxylic acids is 1. The van der Waals surface area contributed by atoms with Crippen molar-refractivity contribution in [2.75, 3.05) is 6.61 Å². The van der Waals surface area contributed by atoms with E-state index in [2.05, 4.69) is 5.32 Å². The molecule has 110 valence electrons. The minimum absolute atomic E-state index is 0.278. The summed E-state index contributed by atoms with van der Waals surface area (Å²) >= 11 is 0. The molecule has 2 N–H and O–H groups in total. The lowest BCUT2D eigenvalue weighted by Crippen LogP contribution is -2.32. The highest BCUT2D eigenvalue weighted by atomic mass is 19.1. The number of hydrogen-bond acceptors (Lipinski definition) is 2. The summed E-state index contributed by atoms with van der Waals surface area (Å²) < 4.78 is 27.0. The molecule has 1 atom stereocenters. The number of halogens is 2. The van der Waals surface area contributed by atoms with Crippen molar-refractivity contribution in [1.29, 1.82) is 0 Å². The molecule has 0 saturated carbocycles. The molecule has 0 aliphatic heterocycles. The standard InChI is InChI=1S/C16H15F2NO2/c17-13-7-4-8-14(18)12(13)9-16(21)19-15(10-20)11-5-2-1-3-6-11/h1-8,15,20H,9-10H2,(H,19,21)/t15-/m1/s1. The third-order valence-electron chi connectivity index (χ3n) is 3.12. The van der Waals surface area contributed by atoms with Crippen LogP contribution < -0.4 is 5.32 Å². The van der Waals surface area contributed by atoms with E-state index in [4.69, 9.17) is 0 Å². The second kappa shape index (κ2) is 6.95. The number of rotatable bonds is 5. The summed E-state index contributed by atoms with van der Waals surface area (Å²) in [6, 6.07) is 11.7. The van der Waals surface area contributed by atoms with E-state index in [0.717, 1.165) is 17.7 Å². The Morgan fingerprint density at radius 3 is 2.24 bits per heavy atom. The molecule has 2 aromatic carbocycles. The fraction of sp³-hybridized carbons (Fsp3) is 0.188. The zero-order chi connectivity index (χ0) is 15.2. The SMILES string of the molecule is O=C(Cc1c(F)cccc1F)N[C@H](CO)c1ccccc1. The number of benzene rings is 2. The van der Waals surface area contributed by atoms with Gasteiger partial charge in [-0.25, -0.2) is 8.78 Å². The molecule has 0 spiro atoms. The van der Waals surface area contributed by atoms with Gasteiger partial charge in [0.2, 0.25) is 5.91 Å². The number of aliphatic hydroxyl groups is 1. The quantitative estimate of drug-likeness (QED) is 0.888. The van der Waals surface area contributed by atoms with Gasteiger partial charge in [-0.05, 0) is 17.7 Å². The van der Waals surface area contributed by atoms with Crippen LogP contribution in [0.25, 0.3) is 0 Å². The third kappa shape index (κ3) is 3.86. The average Bonchev–Trinajstić information content (AvgIpc) is 2.49. The first kappa shape index (κ1) is 15.1. The zero-order valence-corrected chi connectivity index (χ0v) is 11.2. The maximum absolute atomic E-state index is 13.5. The molecule has 0 radical (unpaired) electrons. The van der Waals surface area contributed by atoms with Crippen molar-refractivity contribution in [2.24, 2.45) is 0 Å². The molecule has 0 heterocycles. The molecule has 2 rings (SSSR count). The number of aliphatic hydroxyl groups excluding tert-OH is 1. The van der Waals surface area contributed by atoms with E-state index in [9.17, 15) is 18.7 Å². The van der Waals surface area contributed by atoms with Gasteiger partial charge in [-0.2, -0.15) is 0 Å². The van der Waals surface area contributed by atoms with Crippen LogP contribution in [-0.2, 0) is 11.2 Å². The van der Waals surface area contributed by atoms with Crippen molar-refractivity contribution in [3.8, 4) is 0 Å². The first-order valence-corrected chi connectivity index (χ1v) is 6.50. The average molecular weight is 291 g/mol. The van der Waals surface area contributed by atoms with Gasteiger partial charge in [0.1, 0.15) is 11.6 Å². The highest BCUT2D eigenvalue weighted by Gasteiger charge is 2.17. The fourth-order valence-electron chi connectivity index (χ4n) is 2.03. The van der Waals surface area contributed by atoms with Crippen LogP contribution in [0, 0.1) is 11.6 Å². The summed E-state index contributed by atoms with van der Waals surface area (Å²) in [4.78, 5) is 11.9. The summed E-state index contributed by atoms with van der Waals surface area (Å²) in [6.45, 7) is -0.296. The molecule has 0 fully saturated rings.